The minimum Gasteiger partial charge on any atom is -0.310 e. The molecule has 7 heteroatoms. The summed E-state index contributed by atoms with van der Waals surface area (Å²) in [5, 5.41) is 3.08. The maximum Gasteiger partial charge on any atom is 0.150 e. The molecule has 1 aromatic rings. The molecule has 1 aromatic carbocycles. The molecule has 0 bridgehead atoms. The first-order chi connectivity index (χ1) is 9.34. The van der Waals surface area contributed by atoms with Crippen LogP contribution in [0.2, 0.25) is 0 Å². The molecule has 3 nitrogen and oxygen atoms in total. The van der Waals surface area contributed by atoms with Gasteiger partial charge >= 0.3 is 0 Å². The molecule has 1 saturated heterocycles. The van der Waals surface area contributed by atoms with E-state index in [1.54, 1.807) is 0 Å². The van der Waals surface area contributed by atoms with E-state index in [1.807, 2.05) is 6.92 Å². The quantitative estimate of drug-likeness (QED) is 0.832. The molecule has 2 atom stereocenters. The summed E-state index contributed by atoms with van der Waals surface area (Å²) in [7, 11) is -3.06. The lowest BCUT2D eigenvalue weighted by Gasteiger charge is -2.24. The molecule has 1 N–H and O–H groups in total. The van der Waals surface area contributed by atoms with Gasteiger partial charge in [0, 0.05) is 11.6 Å². The summed E-state index contributed by atoms with van der Waals surface area (Å²) in [6.45, 7) is 2.40. The van der Waals surface area contributed by atoms with Crippen LogP contribution in [0.3, 0.4) is 0 Å². The van der Waals surface area contributed by atoms with Crippen LogP contribution in [0.4, 0.5) is 8.78 Å². The van der Waals surface area contributed by atoms with Crippen molar-refractivity contribution in [3.63, 3.8) is 0 Å². The van der Waals surface area contributed by atoms with Crippen LogP contribution in [-0.4, -0.2) is 26.5 Å². The number of benzene rings is 1. The molecule has 0 amide bonds. The van der Waals surface area contributed by atoms with Crippen molar-refractivity contribution in [2.24, 2.45) is 5.92 Å². The minimum atomic E-state index is -3.06. The lowest BCUT2D eigenvalue weighted by atomic mass is 9.92. The van der Waals surface area contributed by atoms with Gasteiger partial charge in [0.25, 0.3) is 0 Å². The minimum absolute atomic E-state index is 0.0157. The summed E-state index contributed by atoms with van der Waals surface area (Å²) in [6, 6.07) is 1.73. The number of rotatable bonds is 4. The predicted octanol–water partition coefficient (Wildman–Crippen LogP) is 2.81. The van der Waals surface area contributed by atoms with E-state index >= 15 is 0 Å². The fraction of sp³-hybridized carbons (Fsp3) is 0.538. The zero-order valence-electron chi connectivity index (χ0n) is 11.0. The van der Waals surface area contributed by atoms with Gasteiger partial charge in [-0.25, -0.2) is 17.2 Å². The largest absolute Gasteiger partial charge is 0.310 e. The first-order valence-corrected chi connectivity index (χ1v) is 9.03. The van der Waals surface area contributed by atoms with Crippen LogP contribution < -0.4 is 5.32 Å². The van der Waals surface area contributed by atoms with Crippen LogP contribution >= 0.6 is 15.9 Å². The summed E-state index contributed by atoms with van der Waals surface area (Å²) >= 11 is 2.94. The Morgan fingerprint density at radius 2 is 2.10 bits per heavy atom. The molecule has 0 spiro atoms. The normalized spacial score (nSPS) is 22.9. The second-order valence-electron chi connectivity index (χ2n) is 4.99. The number of sulfone groups is 1. The highest BCUT2D eigenvalue weighted by molar-refractivity contribution is 9.10. The number of halogens is 3. The molecule has 0 aliphatic carbocycles. The monoisotopic (exact) mass is 367 g/mol. The third kappa shape index (κ3) is 3.38. The first-order valence-electron chi connectivity index (χ1n) is 6.42. The van der Waals surface area contributed by atoms with Crippen LogP contribution in [0.15, 0.2) is 16.6 Å². The van der Waals surface area contributed by atoms with Crippen LogP contribution in [0.1, 0.15) is 24.9 Å². The van der Waals surface area contributed by atoms with E-state index < -0.39 is 27.5 Å². The van der Waals surface area contributed by atoms with Gasteiger partial charge in [-0.2, -0.15) is 0 Å². The van der Waals surface area contributed by atoms with Crippen LogP contribution in [0.25, 0.3) is 0 Å². The maximum absolute atomic E-state index is 14.1. The lowest BCUT2D eigenvalue weighted by Crippen LogP contribution is -2.30. The van der Waals surface area contributed by atoms with Gasteiger partial charge in [-0.05, 0) is 46.9 Å². The number of hydrogen-bond donors (Lipinski definition) is 1. The van der Waals surface area contributed by atoms with Crippen molar-refractivity contribution in [2.45, 2.75) is 19.4 Å². The molecule has 2 unspecified atom stereocenters. The summed E-state index contributed by atoms with van der Waals surface area (Å²) in [5.74, 6) is -1.18. The van der Waals surface area contributed by atoms with E-state index in [1.165, 1.54) is 0 Å². The summed E-state index contributed by atoms with van der Waals surface area (Å²) in [5.41, 5.74) is 0.189. The third-order valence-electron chi connectivity index (χ3n) is 3.54. The zero-order chi connectivity index (χ0) is 14.9. The maximum atomic E-state index is 14.1. The van der Waals surface area contributed by atoms with E-state index in [0.29, 0.717) is 13.0 Å². The Morgan fingerprint density at radius 3 is 2.65 bits per heavy atom. The average molecular weight is 368 g/mol. The molecule has 0 saturated carbocycles. The van der Waals surface area contributed by atoms with Gasteiger partial charge in [0.1, 0.15) is 11.6 Å². The molecule has 112 valence electrons. The zero-order valence-corrected chi connectivity index (χ0v) is 13.4. The van der Waals surface area contributed by atoms with Crippen molar-refractivity contribution >= 4 is 25.8 Å². The van der Waals surface area contributed by atoms with Gasteiger partial charge in [0.05, 0.1) is 16.0 Å². The van der Waals surface area contributed by atoms with Gasteiger partial charge in [-0.15, -0.1) is 0 Å². The van der Waals surface area contributed by atoms with E-state index in [9.17, 15) is 17.2 Å². The van der Waals surface area contributed by atoms with Gasteiger partial charge < -0.3 is 5.32 Å². The van der Waals surface area contributed by atoms with Crippen LogP contribution in [-0.2, 0) is 9.84 Å². The van der Waals surface area contributed by atoms with Crippen molar-refractivity contribution in [1.29, 1.82) is 0 Å². The Morgan fingerprint density at radius 1 is 1.40 bits per heavy atom. The SMILES string of the molecule is CCNC(c1cc(F)c(Br)cc1F)C1CCS(=O)(=O)C1. The van der Waals surface area contributed by atoms with Crippen LogP contribution in [0.5, 0.6) is 0 Å². The van der Waals surface area contributed by atoms with E-state index in [0.717, 1.165) is 12.1 Å². The molecule has 0 radical (unpaired) electrons. The third-order valence-corrected chi connectivity index (χ3v) is 5.94. The van der Waals surface area contributed by atoms with Crippen LogP contribution in [0, 0.1) is 17.6 Å². The first kappa shape index (κ1) is 15.9. The van der Waals surface area contributed by atoms with Crippen molar-refractivity contribution < 1.29 is 17.2 Å². The Labute approximate surface area is 125 Å². The van der Waals surface area contributed by atoms with E-state index in [2.05, 4.69) is 21.2 Å². The second kappa shape index (κ2) is 6.07. The van der Waals surface area contributed by atoms with E-state index in [-0.39, 0.29) is 27.5 Å². The Balaban J connectivity index is 2.36. The topological polar surface area (TPSA) is 46.2 Å². The van der Waals surface area contributed by atoms with Gasteiger partial charge in [0.15, 0.2) is 9.84 Å². The van der Waals surface area contributed by atoms with Crippen molar-refractivity contribution in [1.82, 2.24) is 5.32 Å². The smallest absolute Gasteiger partial charge is 0.150 e. The molecular formula is C13H16BrF2NO2S. The summed E-state index contributed by atoms with van der Waals surface area (Å²) in [6.07, 6.45) is 0.469. The number of hydrogen-bond acceptors (Lipinski definition) is 3. The molecule has 1 aliphatic heterocycles. The fourth-order valence-electron chi connectivity index (χ4n) is 2.61. The molecule has 0 aromatic heterocycles. The highest BCUT2D eigenvalue weighted by Crippen LogP contribution is 2.34. The molecule has 1 aliphatic rings. The lowest BCUT2D eigenvalue weighted by molar-refractivity contribution is 0.384. The van der Waals surface area contributed by atoms with Gasteiger partial charge in [0.2, 0.25) is 0 Å². The molecule has 1 fully saturated rings. The van der Waals surface area contributed by atoms with E-state index in [4.69, 9.17) is 0 Å². The highest BCUT2D eigenvalue weighted by atomic mass is 79.9. The van der Waals surface area contributed by atoms with Gasteiger partial charge in [-0.3, -0.25) is 0 Å². The average Bonchev–Trinajstić information content (AvgIpc) is 2.71. The Bertz CT molecular complexity index is 607. The van der Waals surface area contributed by atoms with Crippen molar-refractivity contribution in [3.05, 3.63) is 33.8 Å². The molecule has 1 heterocycles. The predicted molar refractivity (Wildman–Crippen MR) is 77.2 cm³/mol. The summed E-state index contributed by atoms with van der Waals surface area (Å²) in [4.78, 5) is 0. The Kier molecular flexibility index (Phi) is 4.81. The van der Waals surface area contributed by atoms with Gasteiger partial charge in [-0.1, -0.05) is 6.92 Å². The molecule has 2 rings (SSSR count). The van der Waals surface area contributed by atoms with Crippen molar-refractivity contribution in [3.8, 4) is 0 Å². The standard InChI is InChI=1S/C13H16BrF2NO2S/c1-2-17-13(8-3-4-20(18,19)7-8)9-5-12(16)10(14)6-11(9)15/h5-6,8,13,17H,2-4,7H2,1H3. The summed E-state index contributed by atoms with van der Waals surface area (Å²) < 4.78 is 50.9. The number of nitrogens with one attached hydrogen (secondary N) is 1. The highest BCUT2D eigenvalue weighted by Gasteiger charge is 2.35. The molecular weight excluding hydrogens is 352 g/mol. The fourth-order valence-corrected chi connectivity index (χ4v) is 4.77. The second-order valence-corrected chi connectivity index (χ2v) is 8.07. The Hall–Kier alpha value is -0.530. The molecule has 20 heavy (non-hydrogen) atoms. The van der Waals surface area contributed by atoms with Crippen molar-refractivity contribution in [2.75, 3.05) is 18.1 Å².